The summed E-state index contributed by atoms with van der Waals surface area (Å²) in [5.41, 5.74) is 8.80. The minimum atomic E-state index is -0.715. The van der Waals surface area contributed by atoms with Gasteiger partial charge in [-0.05, 0) is 0 Å². The van der Waals surface area contributed by atoms with Crippen LogP contribution in [-0.4, -0.2) is 0 Å². The molecule has 0 nitrogen and oxygen atoms in total. The Labute approximate surface area is 160 Å². The van der Waals surface area contributed by atoms with Crippen molar-refractivity contribution in [1.29, 1.82) is 0 Å². The molecule has 0 saturated carbocycles. The topological polar surface area (TPSA) is 0 Å². The van der Waals surface area contributed by atoms with Gasteiger partial charge in [0.1, 0.15) is 0 Å². The van der Waals surface area contributed by atoms with Crippen LogP contribution in [0.1, 0.15) is 26.7 Å². The van der Waals surface area contributed by atoms with Crippen molar-refractivity contribution in [2.75, 3.05) is 0 Å². The molecular weight excluding hydrogens is 379 g/mol. The van der Waals surface area contributed by atoms with Gasteiger partial charge in [0.05, 0.1) is 0 Å². The van der Waals surface area contributed by atoms with E-state index in [0.717, 1.165) is 6.42 Å². The molecule has 0 saturated heterocycles. The summed E-state index contributed by atoms with van der Waals surface area (Å²) in [6, 6.07) is 28.8. The third kappa shape index (κ3) is 2.72. The van der Waals surface area contributed by atoms with Crippen molar-refractivity contribution in [3.8, 4) is 11.1 Å². The van der Waals surface area contributed by atoms with Gasteiger partial charge in [-0.1, -0.05) is 0 Å². The molecule has 0 amide bonds. The molecule has 0 radical (unpaired) electrons. The summed E-state index contributed by atoms with van der Waals surface area (Å²) in [4.78, 5) is 0. The van der Waals surface area contributed by atoms with E-state index >= 15 is 0 Å². The predicted octanol–water partition coefficient (Wildman–Crippen LogP) is 6.21. The van der Waals surface area contributed by atoms with Gasteiger partial charge in [0.15, 0.2) is 0 Å². The fourth-order valence-corrected chi connectivity index (χ4v) is 8.00. The van der Waals surface area contributed by atoms with Crippen molar-refractivity contribution >= 4 is 5.57 Å². The van der Waals surface area contributed by atoms with Crippen LogP contribution in [0.2, 0.25) is 0 Å². The van der Waals surface area contributed by atoms with E-state index in [1.54, 1.807) is 14.4 Å². The fourth-order valence-electron chi connectivity index (χ4n) is 3.95. The van der Waals surface area contributed by atoms with Gasteiger partial charge < -0.3 is 0 Å². The first kappa shape index (κ1) is 15.3. The molecule has 2 aliphatic rings. The van der Waals surface area contributed by atoms with Gasteiger partial charge in [-0.2, -0.15) is 0 Å². The van der Waals surface area contributed by atoms with Gasteiger partial charge in [-0.15, -0.1) is 0 Å². The molecule has 0 bridgehead atoms. The van der Waals surface area contributed by atoms with Crippen LogP contribution >= 0.6 is 0 Å². The summed E-state index contributed by atoms with van der Waals surface area (Å²) in [5.74, 6) is 0. The number of benzene rings is 3. The van der Waals surface area contributed by atoms with Crippen molar-refractivity contribution in [3.05, 3.63) is 111 Å². The van der Waals surface area contributed by atoms with Crippen LogP contribution in [-0.2, 0) is 23.2 Å². The van der Waals surface area contributed by atoms with Crippen LogP contribution in [0.4, 0.5) is 0 Å². The number of hydrogen-bond donors (Lipinski definition) is 0. The molecule has 0 spiro atoms. The van der Waals surface area contributed by atoms with Gasteiger partial charge in [-0.3, -0.25) is 0 Å². The third-order valence-electron chi connectivity index (χ3n) is 5.14. The molecule has 5 rings (SSSR count). The van der Waals surface area contributed by atoms with Crippen molar-refractivity contribution in [2.24, 2.45) is 0 Å². The van der Waals surface area contributed by atoms with Crippen LogP contribution in [0.15, 0.2) is 94.3 Å². The van der Waals surface area contributed by atoms with Crippen molar-refractivity contribution in [3.63, 3.8) is 0 Å². The van der Waals surface area contributed by atoms with E-state index < -0.39 is 23.2 Å². The number of fused-ring (bicyclic) bond motifs is 3. The summed E-state index contributed by atoms with van der Waals surface area (Å²) >= 11 is -0.715. The Morgan fingerprint density at radius 2 is 1.28 bits per heavy atom. The number of allylic oxidation sites excluding steroid dienone is 4. The Morgan fingerprint density at radius 1 is 0.680 bits per heavy atom. The maximum atomic E-state index is 2.48. The molecule has 0 atom stereocenters. The van der Waals surface area contributed by atoms with Gasteiger partial charge in [0.25, 0.3) is 0 Å². The van der Waals surface area contributed by atoms with E-state index in [1.165, 1.54) is 22.3 Å². The van der Waals surface area contributed by atoms with Crippen LogP contribution < -0.4 is 0 Å². The SMILES string of the molecule is C1=[C]([Zr][CH]2c3ccccc3-c3ccccc32)CC=C1c1ccccc1. The van der Waals surface area contributed by atoms with Crippen LogP contribution in [0.25, 0.3) is 16.7 Å². The Kier molecular flexibility index (Phi) is 3.91. The average molecular weight is 398 g/mol. The first-order valence-corrected chi connectivity index (χ1v) is 11.5. The van der Waals surface area contributed by atoms with E-state index in [2.05, 4.69) is 91.0 Å². The maximum absolute atomic E-state index is 2.48. The predicted molar refractivity (Wildman–Crippen MR) is 101 cm³/mol. The van der Waals surface area contributed by atoms with E-state index in [9.17, 15) is 0 Å². The van der Waals surface area contributed by atoms with Crippen molar-refractivity contribution in [2.45, 2.75) is 10.0 Å². The summed E-state index contributed by atoms with van der Waals surface area (Å²) in [7, 11) is 0. The van der Waals surface area contributed by atoms with Crippen molar-refractivity contribution in [1.82, 2.24) is 0 Å². The molecule has 0 N–H and O–H groups in total. The van der Waals surface area contributed by atoms with Crippen molar-refractivity contribution < 1.29 is 23.2 Å². The summed E-state index contributed by atoms with van der Waals surface area (Å²) in [5, 5.41) is 0. The molecule has 0 unspecified atom stereocenters. The molecular formula is C24H18Zr. The first-order valence-electron chi connectivity index (χ1n) is 8.81. The van der Waals surface area contributed by atoms with Crippen LogP contribution in [0.5, 0.6) is 0 Å². The summed E-state index contributed by atoms with van der Waals surface area (Å²) in [6.45, 7) is 0. The second-order valence-corrected chi connectivity index (χ2v) is 10.4. The monoisotopic (exact) mass is 396 g/mol. The second-order valence-electron chi connectivity index (χ2n) is 6.65. The number of hydrogen-bond acceptors (Lipinski definition) is 0. The van der Waals surface area contributed by atoms with Gasteiger partial charge in [0.2, 0.25) is 0 Å². The fraction of sp³-hybridized carbons (Fsp3) is 0.0833. The van der Waals surface area contributed by atoms with Gasteiger partial charge >= 0.3 is 161 Å². The summed E-state index contributed by atoms with van der Waals surface area (Å²) in [6.07, 6.45) is 6.04. The molecule has 3 aromatic carbocycles. The zero-order chi connectivity index (χ0) is 16.6. The minimum absolute atomic E-state index is 0.658. The average Bonchev–Trinajstić information content (AvgIpc) is 3.27. The third-order valence-corrected chi connectivity index (χ3v) is 9.15. The molecule has 0 fully saturated rings. The summed E-state index contributed by atoms with van der Waals surface area (Å²) < 4.78 is 2.37. The molecule has 0 aromatic heterocycles. The van der Waals surface area contributed by atoms with E-state index in [4.69, 9.17) is 0 Å². The molecule has 3 aromatic rings. The zero-order valence-electron chi connectivity index (χ0n) is 13.9. The molecule has 0 aliphatic heterocycles. The quantitative estimate of drug-likeness (QED) is 0.493. The van der Waals surface area contributed by atoms with Gasteiger partial charge in [-0.25, -0.2) is 0 Å². The molecule has 25 heavy (non-hydrogen) atoms. The molecule has 0 heterocycles. The van der Waals surface area contributed by atoms with E-state index in [-0.39, 0.29) is 0 Å². The van der Waals surface area contributed by atoms with Crippen LogP contribution in [0, 0.1) is 0 Å². The number of rotatable bonds is 3. The molecule has 118 valence electrons. The standard InChI is InChI=1S/C13H9.C11H9.Zr/c1-3-7-12-10(5-1)9-11-6-2-4-8-13(11)12;1-2-6-10(7-3-1)11-8-4-5-9-11;/h1-9H;1-3,6-9H,4H2;. The Balaban J connectivity index is 1.48. The van der Waals surface area contributed by atoms with E-state index in [0.29, 0.717) is 3.63 Å². The zero-order valence-corrected chi connectivity index (χ0v) is 16.4. The Bertz CT molecular complexity index is 950. The second kappa shape index (κ2) is 6.39. The molecule has 1 heteroatoms. The normalized spacial score (nSPS) is 15.4. The van der Waals surface area contributed by atoms with Crippen LogP contribution in [0.3, 0.4) is 0 Å². The van der Waals surface area contributed by atoms with Gasteiger partial charge in [0, 0.05) is 0 Å². The first-order chi connectivity index (χ1) is 12.4. The Morgan fingerprint density at radius 3 is 1.96 bits per heavy atom. The Hall–Kier alpha value is -1.98. The molecule has 2 aliphatic carbocycles. The van der Waals surface area contributed by atoms with E-state index in [1.807, 2.05) is 0 Å².